The lowest BCUT2D eigenvalue weighted by molar-refractivity contribution is -0.113. The van der Waals surface area contributed by atoms with Gasteiger partial charge in [-0.1, -0.05) is 18.7 Å². The monoisotopic (exact) mass is 366 g/mol. The minimum absolute atomic E-state index is 0.120. The van der Waals surface area contributed by atoms with Crippen LogP contribution in [-0.4, -0.2) is 32.7 Å². The lowest BCUT2D eigenvalue weighted by atomic mass is 9.88. The molecule has 0 aliphatic heterocycles. The molecular weight excluding hydrogens is 348 g/mol. The molecule has 0 saturated carbocycles. The van der Waals surface area contributed by atoms with E-state index in [4.69, 9.17) is 11.5 Å². The highest BCUT2D eigenvalue weighted by atomic mass is 32.2. The van der Waals surface area contributed by atoms with Crippen molar-refractivity contribution in [3.63, 3.8) is 0 Å². The molecule has 0 unspecified atom stereocenters. The summed E-state index contributed by atoms with van der Waals surface area (Å²) in [6.07, 6.45) is 2.77. The number of hydrogen-bond acceptors (Lipinski definition) is 7. The Morgan fingerprint density at radius 2 is 2.29 bits per heavy atom. The predicted molar refractivity (Wildman–Crippen MR) is 94.2 cm³/mol. The molecule has 2 heterocycles. The van der Waals surface area contributed by atoms with Crippen LogP contribution in [0.4, 0.5) is 10.9 Å². The highest BCUT2D eigenvalue weighted by molar-refractivity contribution is 7.99. The lowest BCUT2D eigenvalue weighted by Crippen LogP contribution is -2.20. The number of H-pyrrole nitrogens is 1. The third kappa shape index (κ3) is 3.54. The Morgan fingerprint density at radius 1 is 1.50 bits per heavy atom. The first-order chi connectivity index (χ1) is 11.4. The number of nitrogen functional groups attached to an aromatic ring is 1. The van der Waals surface area contributed by atoms with E-state index in [2.05, 4.69) is 27.4 Å². The molecule has 2 amide bonds. The number of hydrogen-bond donors (Lipinski definition) is 4. The summed E-state index contributed by atoms with van der Waals surface area (Å²) in [5.74, 6) is 0.166. The van der Waals surface area contributed by atoms with Gasteiger partial charge in [0.15, 0.2) is 0 Å². The van der Waals surface area contributed by atoms with Crippen LogP contribution in [0.15, 0.2) is 5.16 Å². The second kappa shape index (κ2) is 6.81. The van der Waals surface area contributed by atoms with E-state index in [0.717, 1.165) is 41.5 Å². The average molecular weight is 366 g/mol. The summed E-state index contributed by atoms with van der Waals surface area (Å²) in [5.41, 5.74) is 12.4. The van der Waals surface area contributed by atoms with E-state index in [9.17, 15) is 9.59 Å². The SMILES string of the molecule is C[C@H]1CCc2c(sc(NC(=O)CSc3n[nH]c(N)n3)c2C(N)=O)C1. The molecule has 128 valence electrons. The largest absolute Gasteiger partial charge is 0.368 e. The summed E-state index contributed by atoms with van der Waals surface area (Å²) in [4.78, 5) is 29.1. The summed E-state index contributed by atoms with van der Waals surface area (Å²) in [7, 11) is 0. The maximum atomic E-state index is 12.2. The first-order valence-corrected chi connectivity index (χ1v) is 9.29. The molecular formula is C14H18N6O2S2. The molecule has 8 nitrogen and oxygen atoms in total. The number of aromatic amines is 1. The minimum Gasteiger partial charge on any atom is -0.368 e. The van der Waals surface area contributed by atoms with Crippen molar-refractivity contribution in [2.75, 3.05) is 16.8 Å². The number of thioether (sulfide) groups is 1. The van der Waals surface area contributed by atoms with E-state index >= 15 is 0 Å². The number of primary amides is 1. The van der Waals surface area contributed by atoms with Gasteiger partial charge in [-0.3, -0.25) is 9.59 Å². The molecule has 1 aliphatic carbocycles. The molecule has 0 radical (unpaired) electrons. The van der Waals surface area contributed by atoms with Crippen molar-refractivity contribution in [1.29, 1.82) is 0 Å². The van der Waals surface area contributed by atoms with Crippen molar-refractivity contribution < 1.29 is 9.59 Å². The Bertz CT molecular complexity index is 784. The van der Waals surface area contributed by atoms with Crippen LogP contribution in [0.25, 0.3) is 0 Å². The molecule has 2 aromatic rings. The number of nitrogens with zero attached hydrogens (tertiary/aromatic N) is 2. The molecule has 6 N–H and O–H groups in total. The molecule has 1 aliphatic rings. The van der Waals surface area contributed by atoms with Crippen LogP contribution in [-0.2, 0) is 17.6 Å². The summed E-state index contributed by atoms with van der Waals surface area (Å²) < 4.78 is 0. The maximum Gasteiger partial charge on any atom is 0.251 e. The number of amides is 2. The zero-order valence-electron chi connectivity index (χ0n) is 13.1. The van der Waals surface area contributed by atoms with E-state index in [1.54, 1.807) is 0 Å². The van der Waals surface area contributed by atoms with Crippen molar-refractivity contribution in [3.05, 3.63) is 16.0 Å². The molecule has 0 saturated heterocycles. The van der Waals surface area contributed by atoms with Gasteiger partial charge in [-0.05, 0) is 30.7 Å². The number of nitrogens with two attached hydrogens (primary N) is 2. The van der Waals surface area contributed by atoms with E-state index in [-0.39, 0.29) is 17.6 Å². The third-order valence-corrected chi connectivity index (χ3v) is 5.84. The van der Waals surface area contributed by atoms with Gasteiger partial charge in [0.2, 0.25) is 17.0 Å². The van der Waals surface area contributed by atoms with Gasteiger partial charge < -0.3 is 16.8 Å². The first kappa shape index (κ1) is 16.8. The summed E-state index contributed by atoms with van der Waals surface area (Å²) in [6, 6.07) is 0. The average Bonchev–Trinajstić information content (AvgIpc) is 3.07. The standard InChI is InChI=1S/C14H18N6O2S2/c1-6-2-3-7-8(4-6)24-12(10(7)11(15)22)17-9(21)5-23-14-18-13(16)19-20-14/h6H,2-5H2,1H3,(H2,15,22)(H,17,21)(H3,16,18,19,20)/t6-/m0/s1. The lowest BCUT2D eigenvalue weighted by Gasteiger charge is -2.18. The van der Waals surface area contributed by atoms with Crippen LogP contribution in [0.2, 0.25) is 0 Å². The zero-order chi connectivity index (χ0) is 17.3. The number of nitrogens with one attached hydrogen (secondary N) is 2. The minimum atomic E-state index is -0.494. The highest BCUT2D eigenvalue weighted by Gasteiger charge is 2.27. The van der Waals surface area contributed by atoms with Gasteiger partial charge in [-0.2, -0.15) is 4.98 Å². The fourth-order valence-corrected chi connectivity index (χ4v) is 4.75. The molecule has 1 atom stereocenters. The number of thiophene rings is 1. The van der Waals surface area contributed by atoms with Gasteiger partial charge in [0, 0.05) is 4.88 Å². The number of aromatic nitrogens is 3. The smallest absolute Gasteiger partial charge is 0.251 e. The molecule has 0 bridgehead atoms. The Labute approximate surface area is 146 Å². The fourth-order valence-electron chi connectivity index (χ4n) is 2.71. The summed E-state index contributed by atoms with van der Waals surface area (Å²) in [5, 5.41) is 10.1. The molecule has 2 aromatic heterocycles. The van der Waals surface area contributed by atoms with Crippen LogP contribution in [0.3, 0.4) is 0 Å². The number of fused-ring (bicyclic) bond motifs is 1. The second-order valence-electron chi connectivity index (χ2n) is 5.76. The zero-order valence-corrected chi connectivity index (χ0v) is 14.7. The van der Waals surface area contributed by atoms with Crippen molar-refractivity contribution in [1.82, 2.24) is 15.2 Å². The van der Waals surface area contributed by atoms with Gasteiger partial charge in [0.05, 0.1) is 11.3 Å². The fraction of sp³-hybridized carbons (Fsp3) is 0.429. The second-order valence-corrected chi connectivity index (χ2v) is 7.81. The predicted octanol–water partition coefficient (Wildman–Crippen LogP) is 1.40. The Hall–Kier alpha value is -2.07. The number of carbonyl (C=O) groups excluding carboxylic acids is 2. The van der Waals surface area contributed by atoms with Crippen LogP contribution < -0.4 is 16.8 Å². The van der Waals surface area contributed by atoms with Gasteiger partial charge >= 0.3 is 0 Å². The number of anilines is 2. The molecule has 10 heteroatoms. The summed E-state index contributed by atoms with van der Waals surface area (Å²) >= 11 is 2.61. The Kier molecular flexibility index (Phi) is 4.76. The van der Waals surface area contributed by atoms with Crippen LogP contribution in [0.5, 0.6) is 0 Å². The molecule has 0 aromatic carbocycles. The van der Waals surface area contributed by atoms with E-state index in [1.807, 2.05) is 0 Å². The van der Waals surface area contributed by atoms with E-state index < -0.39 is 5.91 Å². The Morgan fingerprint density at radius 3 is 2.96 bits per heavy atom. The molecule has 3 rings (SSSR count). The normalized spacial score (nSPS) is 16.6. The van der Waals surface area contributed by atoms with Crippen LogP contribution >= 0.6 is 23.1 Å². The highest BCUT2D eigenvalue weighted by Crippen LogP contribution is 2.39. The quantitative estimate of drug-likeness (QED) is 0.590. The molecule has 0 fully saturated rings. The van der Waals surface area contributed by atoms with Crippen LogP contribution in [0, 0.1) is 5.92 Å². The van der Waals surface area contributed by atoms with Gasteiger partial charge in [0.25, 0.3) is 5.91 Å². The van der Waals surface area contributed by atoms with Crippen molar-refractivity contribution in [3.8, 4) is 0 Å². The van der Waals surface area contributed by atoms with Crippen molar-refractivity contribution >= 4 is 45.9 Å². The first-order valence-electron chi connectivity index (χ1n) is 7.49. The van der Waals surface area contributed by atoms with Gasteiger partial charge in [-0.15, -0.1) is 16.4 Å². The van der Waals surface area contributed by atoms with Crippen molar-refractivity contribution in [2.24, 2.45) is 11.7 Å². The van der Waals surface area contributed by atoms with Crippen molar-refractivity contribution in [2.45, 2.75) is 31.3 Å². The molecule has 0 spiro atoms. The van der Waals surface area contributed by atoms with Gasteiger partial charge in [-0.25, -0.2) is 5.10 Å². The van der Waals surface area contributed by atoms with Crippen LogP contribution in [0.1, 0.15) is 34.1 Å². The summed E-state index contributed by atoms with van der Waals surface area (Å²) in [6.45, 7) is 2.18. The molecule has 24 heavy (non-hydrogen) atoms. The maximum absolute atomic E-state index is 12.2. The van der Waals surface area contributed by atoms with Gasteiger partial charge in [0.1, 0.15) is 5.00 Å². The van der Waals surface area contributed by atoms with E-state index in [0.29, 0.717) is 21.6 Å². The Balaban J connectivity index is 1.72. The topological polar surface area (TPSA) is 140 Å². The number of carbonyl (C=O) groups is 2. The van der Waals surface area contributed by atoms with E-state index in [1.165, 1.54) is 11.3 Å². The number of rotatable bonds is 5. The third-order valence-electron chi connectivity index (χ3n) is 3.83.